The molecule has 0 saturated heterocycles. The average molecular weight is 342 g/mol. The fraction of sp³-hybridized carbons (Fsp3) is 0.500. The van der Waals surface area contributed by atoms with Gasteiger partial charge >= 0.3 is 0 Å². The number of aryl methyl sites for hydroxylation is 1. The summed E-state index contributed by atoms with van der Waals surface area (Å²) in [5.74, 6) is 1.50. The van der Waals surface area contributed by atoms with Crippen molar-refractivity contribution >= 4 is 5.96 Å². The predicted molar refractivity (Wildman–Crippen MR) is 105 cm³/mol. The fourth-order valence-corrected chi connectivity index (χ4v) is 2.74. The summed E-state index contributed by atoms with van der Waals surface area (Å²) < 4.78 is 1.85. The van der Waals surface area contributed by atoms with Crippen molar-refractivity contribution in [2.75, 3.05) is 6.54 Å². The van der Waals surface area contributed by atoms with Crippen LogP contribution in [-0.2, 0) is 20.0 Å². The Morgan fingerprint density at radius 1 is 1.16 bits per heavy atom. The summed E-state index contributed by atoms with van der Waals surface area (Å²) in [6, 6.07) is 11.1. The van der Waals surface area contributed by atoms with Gasteiger partial charge < -0.3 is 10.6 Å². The molecule has 2 rings (SSSR count). The molecule has 1 atom stereocenters. The van der Waals surface area contributed by atoms with Crippen LogP contribution in [0.3, 0.4) is 0 Å². The van der Waals surface area contributed by atoms with Crippen molar-refractivity contribution in [2.45, 2.75) is 46.7 Å². The molecule has 25 heavy (non-hydrogen) atoms. The van der Waals surface area contributed by atoms with Gasteiger partial charge in [0.1, 0.15) is 0 Å². The molecule has 0 radical (unpaired) electrons. The maximum absolute atomic E-state index is 4.67. The van der Waals surface area contributed by atoms with Crippen LogP contribution in [0.2, 0.25) is 0 Å². The highest BCUT2D eigenvalue weighted by Crippen LogP contribution is 2.15. The molecule has 2 aromatic rings. The first kappa shape index (κ1) is 19.0. The maximum atomic E-state index is 4.67. The molecule has 0 saturated carbocycles. The minimum Gasteiger partial charge on any atom is -0.357 e. The van der Waals surface area contributed by atoms with Gasteiger partial charge in [0.25, 0.3) is 0 Å². The Labute approximate surface area is 151 Å². The second-order valence-electron chi connectivity index (χ2n) is 6.85. The second kappa shape index (κ2) is 9.25. The van der Waals surface area contributed by atoms with Crippen LogP contribution in [0.25, 0.3) is 0 Å². The third-order valence-corrected chi connectivity index (χ3v) is 4.14. The van der Waals surface area contributed by atoms with Gasteiger partial charge in [0, 0.05) is 19.8 Å². The minimum atomic E-state index is 0.192. The average Bonchev–Trinajstić information content (AvgIpc) is 2.98. The van der Waals surface area contributed by atoms with Gasteiger partial charge in [0.05, 0.1) is 18.3 Å². The van der Waals surface area contributed by atoms with E-state index in [0.29, 0.717) is 12.5 Å². The molecular formula is C20H31N5. The lowest BCUT2D eigenvalue weighted by molar-refractivity contribution is 0.645. The van der Waals surface area contributed by atoms with E-state index in [1.807, 2.05) is 17.8 Å². The first-order chi connectivity index (χ1) is 12.0. The van der Waals surface area contributed by atoms with Crippen molar-refractivity contribution in [3.8, 4) is 0 Å². The van der Waals surface area contributed by atoms with E-state index in [2.05, 4.69) is 72.7 Å². The van der Waals surface area contributed by atoms with E-state index >= 15 is 0 Å². The molecular weight excluding hydrogens is 310 g/mol. The molecule has 1 aromatic carbocycles. The maximum Gasteiger partial charge on any atom is 0.192 e. The van der Waals surface area contributed by atoms with Crippen LogP contribution in [0, 0.1) is 5.92 Å². The van der Waals surface area contributed by atoms with Gasteiger partial charge in [-0.05, 0) is 43.4 Å². The number of nitrogens with zero attached hydrogens (tertiary/aromatic N) is 3. The first-order valence-electron chi connectivity index (χ1n) is 9.10. The van der Waals surface area contributed by atoms with Crippen LogP contribution in [0.4, 0.5) is 0 Å². The lowest BCUT2D eigenvalue weighted by atomic mass is 10.00. The van der Waals surface area contributed by atoms with Crippen LogP contribution in [0.1, 0.15) is 50.6 Å². The molecule has 0 amide bonds. The zero-order valence-corrected chi connectivity index (χ0v) is 16.1. The van der Waals surface area contributed by atoms with Crippen LogP contribution >= 0.6 is 0 Å². The monoisotopic (exact) mass is 341 g/mol. The van der Waals surface area contributed by atoms with Crippen LogP contribution in [0.15, 0.2) is 41.5 Å². The highest BCUT2D eigenvalue weighted by atomic mass is 15.3. The SMILES string of the molecule is CCNC(=NCc1ccnn1C)NC(C)c1ccc(CC(C)C)cc1. The Morgan fingerprint density at radius 2 is 1.88 bits per heavy atom. The van der Waals surface area contributed by atoms with E-state index in [1.54, 1.807) is 6.20 Å². The molecule has 1 unspecified atom stereocenters. The van der Waals surface area contributed by atoms with E-state index in [4.69, 9.17) is 0 Å². The minimum absolute atomic E-state index is 0.192. The molecule has 1 heterocycles. The largest absolute Gasteiger partial charge is 0.357 e. The van der Waals surface area contributed by atoms with Gasteiger partial charge in [0.15, 0.2) is 5.96 Å². The molecule has 0 bridgehead atoms. The Hall–Kier alpha value is -2.30. The van der Waals surface area contributed by atoms with Crippen molar-refractivity contribution in [2.24, 2.45) is 18.0 Å². The highest BCUT2D eigenvalue weighted by Gasteiger charge is 2.08. The number of guanidine groups is 1. The zero-order valence-electron chi connectivity index (χ0n) is 16.1. The van der Waals surface area contributed by atoms with Gasteiger partial charge in [-0.25, -0.2) is 4.99 Å². The second-order valence-corrected chi connectivity index (χ2v) is 6.85. The molecule has 136 valence electrons. The van der Waals surface area contributed by atoms with Gasteiger partial charge in [0.2, 0.25) is 0 Å². The Kier molecular flexibility index (Phi) is 7.04. The number of aromatic nitrogens is 2. The van der Waals surface area contributed by atoms with E-state index in [0.717, 1.165) is 24.6 Å². The fourth-order valence-electron chi connectivity index (χ4n) is 2.74. The van der Waals surface area contributed by atoms with E-state index in [9.17, 15) is 0 Å². The summed E-state index contributed by atoms with van der Waals surface area (Å²) in [7, 11) is 1.94. The molecule has 0 aliphatic heterocycles. The normalized spacial score (nSPS) is 13.1. The number of nitrogens with one attached hydrogen (secondary N) is 2. The van der Waals surface area contributed by atoms with Gasteiger partial charge in [-0.15, -0.1) is 0 Å². The number of hydrogen-bond acceptors (Lipinski definition) is 2. The summed E-state index contributed by atoms with van der Waals surface area (Å²) in [6.45, 7) is 10.2. The number of aliphatic imine (C=N–C) groups is 1. The lowest BCUT2D eigenvalue weighted by Gasteiger charge is -2.18. The molecule has 2 N–H and O–H groups in total. The number of hydrogen-bond donors (Lipinski definition) is 2. The molecule has 5 nitrogen and oxygen atoms in total. The molecule has 0 fully saturated rings. The predicted octanol–water partition coefficient (Wildman–Crippen LogP) is 3.43. The quantitative estimate of drug-likeness (QED) is 0.599. The van der Waals surface area contributed by atoms with Crippen molar-refractivity contribution in [1.29, 1.82) is 0 Å². The zero-order chi connectivity index (χ0) is 18.2. The van der Waals surface area contributed by atoms with Crippen LogP contribution in [-0.4, -0.2) is 22.3 Å². The summed E-state index contributed by atoms with van der Waals surface area (Å²) in [5, 5.41) is 11.0. The standard InChI is InChI=1S/C20H31N5/c1-6-21-20(22-14-19-11-12-23-25(19)5)24-16(4)18-9-7-17(8-10-18)13-15(2)3/h7-12,15-16H,6,13-14H2,1-5H3,(H2,21,22,24). The molecule has 0 aliphatic carbocycles. The molecule has 1 aromatic heterocycles. The molecule has 0 aliphatic rings. The van der Waals surface area contributed by atoms with E-state index in [1.165, 1.54) is 11.1 Å². The number of rotatable bonds is 7. The van der Waals surface area contributed by atoms with Gasteiger partial charge in [-0.2, -0.15) is 5.10 Å². The molecule has 0 spiro atoms. The third-order valence-electron chi connectivity index (χ3n) is 4.14. The van der Waals surface area contributed by atoms with Crippen LogP contribution in [0.5, 0.6) is 0 Å². The lowest BCUT2D eigenvalue weighted by Crippen LogP contribution is -2.38. The van der Waals surface area contributed by atoms with E-state index < -0.39 is 0 Å². The summed E-state index contributed by atoms with van der Waals surface area (Å²) in [4.78, 5) is 4.67. The Bertz CT molecular complexity index is 670. The molecule has 5 heteroatoms. The number of benzene rings is 1. The highest BCUT2D eigenvalue weighted by molar-refractivity contribution is 5.80. The smallest absolute Gasteiger partial charge is 0.192 e. The Balaban J connectivity index is 2.01. The Morgan fingerprint density at radius 3 is 2.44 bits per heavy atom. The van der Waals surface area contributed by atoms with Crippen LogP contribution < -0.4 is 10.6 Å². The summed E-state index contributed by atoms with van der Waals surface area (Å²) >= 11 is 0. The third kappa shape index (κ3) is 5.93. The van der Waals surface area contributed by atoms with Gasteiger partial charge in [-0.1, -0.05) is 38.1 Å². The summed E-state index contributed by atoms with van der Waals surface area (Å²) in [5.41, 5.74) is 3.74. The first-order valence-corrected chi connectivity index (χ1v) is 9.10. The topological polar surface area (TPSA) is 54.2 Å². The van der Waals surface area contributed by atoms with Crippen molar-refractivity contribution in [1.82, 2.24) is 20.4 Å². The van der Waals surface area contributed by atoms with Crippen molar-refractivity contribution < 1.29 is 0 Å². The summed E-state index contributed by atoms with van der Waals surface area (Å²) in [6.07, 6.45) is 2.92. The van der Waals surface area contributed by atoms with Gasteiger partial charge in [-0.3, -0.25) is 4.68 Å². The van der Waals surface area contributed by atoms with Crippen molar-refractivity contribution in [3.63, 3.8) is 0 Å². The van der Waals surface area contributed by atoms with E-state index in [-0.39, 0.29) is 6.04 Å². The van der Waals surface area contributed by atoms with Crippen molar-refractivity contribution in [3.05, 3.63) is 53.3 Å².